The molecular weight excluding hydrogens is 269 g/mol. The summed E-state index contributed by atoms with van der Waals surface area (Å²) in [5, 5.41) is 4.80. The Labute approximate surface area is 118 Å². The second kappa shape index (κ2) is 5.28. The van der Waals surface area contributed by atoms with Crippen molar-refractivity contribution < 1.29 is 4.74 Å². The quantitative estimate of drug-likeness (QED) is 0.885. The second-order valence-electron chi connectivity index (χ2n) is 5.28. The predicted molar refractivity (Wildman–Crippen MR) is 74.7 cm³/mol. The third-order valence-electron chi connectivity index (χ3n) is 3.87. The average Bonchev–Trinajstić information content (AvgIpc) is 2.33. The molecule has 4 heteroatoms. The second-order valence-corrected chi connectivity index (χ2v) is 6.09. The SMILES string of the molecule is Clc1ccc(O[C@@H]2C[C@H]3CCC[C@@H](C2)N3)cc1Cl. The van der Waals surface area contributed by atoms with E-state index >= 15 is 0 Å². The van der Waals surface area contributed by atoms with E-state index in [0.29, 0.717) is 28.2 Å². The van der Waals surface area contributed by atoms with Gasteiger partial charge in [-0.3, -0.25) is 0 Å². The molecule has 0 amide bonds. The molecule has 0 aliphatic carbocycles. The van der Waals surface area contributed by atoms with Crippen molar-refractivity contribution in [3.05, 3.63) is 28.2 Å². The van der Waals surface area contributed by atoms with Crippen LogP contribution < -0.4 is 10.1 Å². The molecule has 2 bridgehead atoms. The fraction of sp³-hybridized carbons (Fsp3) is 0.571. The van der Waals surface area contributed by atoms with E-state index in [2.05, 4.69) is 5.32 Å². The monoisotopic (exact) mass is 285 g/mol. The summed E-state index contributed by atoms with van der Waals surface area (Å²) in [5.74, 6) is 0.828. The average molecular weight is 286 g/mol. The van der Waals surface area contributed by atoms with Gasteiger partial charge in [0.15, 0.2) is 0 Å². The summed E-state index contributed by atoms with van der Waals surface area (Å²) in [6.07, 6.45) is 6.39. The minimum atomic E-state index is 0.304. The van der Waals surface area contributed by atoms with Gasteiger partial charge < -0.3 is 10.1 Å². The van der Waals surface area contributed by atoms with Gasteiger partial charge in [-0.25, -0.2) is 0 Å². The number of halogens is 2. The van der Waals surface area contributed by atoms with Crippen molar-refractivity contribution in [1.29, 1.82) is 0 Å². The summed E-state index contributed by atoms with van der Waals surface area (Å²) in [4.78, 5) is 0. The molecule has 2 saturated heterocycles. The third kappa shape index (κ3) is 2.76. The summed E-state index contributed by atoms with van der Waals surface area (Å²) in [7, 11) is 0. The Balaban J connectivity index is 1.67. The van der Waals surface area contributed by atoms with Gasteiger partial charge in [0.2, 0.25) is 0 Å². The summed E-state index contributed by atoms with van der Waals surface area (Å²) in [6.45, 7) is 0. The minimum absolute atomic E-state index is 0.304. The van der Waals surface area contributed by atoms with Gasteiger partial charge >= 0.3 is 0 Å². The molecule has 0 saturated carbocycles. The number of nitrogens with one attached hydrogen (secondary N) is 1. The molecule has 18 heavy (non-hydrogen) atoms. The molecule has 0 aromatic heterocycles. The molecule has 2 heterocycles. The number of piperidine rings is 2. The van der Waals surface area contributed by atoms with Crippen molar-refractivity contribution in [3.8, 4) is 5.75 Å². The topological polar surface area (TPSA) is 21.3 Å². The molecule has 1 N–H and O–H groups in total. The molecule has 1 aromatic rings. The van der Waals surface area contributed by atoms with Crippen LogP contribution >= 0.6 is 23.2 Å². The Hall–Kier alpha value is -0.440. The lowest BCUT2D eigenvalue weighted by Gasteiger charge is -2.40. The molecule has 3 rings (SSSR count). The Kier molecular flexibility index (Phi) is 3.69. The Bertz CT molecular complexity index is 426. The van der Waals surface area contributed by atoms with Crippen LogP contribution in [0.5, 0.6) is 5.75 Å². The van der Waals surface area contributed by atoms with Gasteiger partial charge in [0.05, 0.1) is 10.0 Å². The van der Waals surface area contributed by atoms with Crippen LogP contribution in [0.4, 0.5) is 0 Å². The van der Waals surface area contributed by atoms with E-state index in [0.717, 1.165) is 18.6 Å². The minimum Gasteiger partial charge on any atom is -0.490 e. The number of rotatable bonds is 2. The van der Waals surface area contributed by atoms with Gasteiger partial charge in [-0.1, -0.05) is 29.6 Å². The Morgan fingerprint density at radius 3 is 2.44 bits per heavy atom. The summed E-state index contributed by atoms with van der Waals surface area (Å²) in [6, 6.07) is 6.75. The molecule has 0 spiro atoms. The zero-order valence-electron chi connectivity index (χ0n) is 10.2. The first-order valence-electron chi connectivity index (χ1n) is 6.58. The van der Waals surface area contributed by atoms with Gasteiger partial charge in [0.1, 0.15) is 11.9 Å². The normalized spacial score (nSPS) is 31.1. The van der Waals surface area contributed by atoms with E-state index in [1.807, 2.05) is 12.1 Å². The van der Waals surface area contributed by atoms with Gasteiger partial charge in [0.25, 0.3) is 0 Å². The third-order valence-corrected chi connectivity index (χ3v) is 4.60. The van der Waals surface area contributed by atoms with Crippen molar-refractivity contribution in [3.63, 3.8) is 0 Å². The van der Waals surface area contributed by atoms with Crippen LogP contribution in [0.2, 0.25) is 10.0 Å². The van der Waals surface area contributed by atoms with Crippen LogP contribution in [0.15, 0.2) is 18.2 Å². The zero-order valence-corrected chi connectivity index (χ0v) is 11.7. The molecule has 1 aromatic carbocycles. The van der Waals surface area contributed by atoms with E-state index in [9.17, 15) is 0 Å². The first kappa shape index (κ1) is 12.6. The van der Waals surface area contributed by atoms with Crippen molar-refractivity contribution in [1.82, 2.24) is 5.32 Å². The maximum atomic E-state index is 6.04. The number of fused-ring (bicyclic) bond motifs is 2. The Morgan fingerprint density at radius 1 is 1.06 bits per heavy atom. The van der Waals surface area contributed by atoms with Crippen LogP contribution in [-0.2, 0) is 0 Å². The van der Waals surface area contributed by atoms with Crippen LogP contribution in [0.3, 0.4) is 0 Å². The lowest BCUT2D eigenvalue weighted by atomic mass is 9.85. The van der Waals surface area contributed by atoms with Crippen LogP contribution in [0, 0.1) is 0 Å². The predicted octanol–water partition coefficient (Wildman–Crippen LogP) is 4.05. The maximum absolute atomic E-state index is 6.04. The molecule has 98 valence electrons. The van der Waals surface area contributed by atoms with Crippen molar-refractivity contribution >= 4 is 23.2 Å². The number of ether oxygens (including phenoxy) is 1. The summed E-state index contributed by atoms with van der Waals surface area (Å²) in [5.41, 5.74) is 0. The largest absolute Gasteiger partial charge is 0.490 e. The highest BCUT2D eigenvalue weighted by Gasteiger charge is 2.32. The Morgan fingerprint density at radius 2 is 1.78 bits per heavy atom. The van der Waals surface area contributed by atoms with E-state index in [1.165, 1.54) is 19.3 Å². The van der Waals surface area contributed by atoms with Crippen LogP contribution in [0.25, 0.3) is 0 Å². The first-order chi connectivity index (χ1) is 8.70. The number of benzene rings is 1. The number of hydrogen-bond donors (Lipinski definition) is 1. The lowest BCUT2D eigenvalue weighted by molar-refractivity contribution is 0.0927. The standard InChI is InChI=1S/C14H17Cl2NO/c15-13-5-4-11(8-14(13)16)18-12-6-9-2-1-3-10(7-12)17-9/h4-5,8-10,12,17H,1-3,6-7H2/t9-,10+,12-. The summed E-state index contributed by atoms with van der Waals surface area (Å²) < 4.78 is 6.04. The van der Waals surface area contributed by atoms with E-state index in [4.69, 9.17) is 27.9 Å². The number of hydrogen-bond acceptors (Lipinski definition) is 2. The fourth-order valence-electron chi connectivity index (χ4n) is 3.05. The first-order valence-corrected chi connectivity index (χ1v) is 7.34. The molecule has 2 aliphatic heterocycles. The van der Waals surface area contributed by atoms with Gasteiger partial charge in [0, 0.05) is 18.2 Å². The molecule has 2 fully saturated rings. The van der Waals surface area contributed by atoms with E-state index < -0.39 is 0 Å². The smallest absolute Gasteiger partial charge is 0.121 e. The molecule has 3 atom stereocenters. The fourth-order valence-corrected chi connectivity index (χ4v) is 3.34. The van der Waals surface area contributed by atoms with Gasteiger partial charge in [-0.15, -0.1) is 0 Å². The highest BCUT2D eigenvalue weighted by Crippen LogP contribution is 2.31. The highest BCUT2D eigenvalue weighted by atomic mass is 35.5. The molecule has 2 aliphatic rings. The van der Waals surface area contributed by atoms with Crippen LogP contribution in [-0.4, -0.2) is 18.2 Å². The highest BCUT2D eigenvalue weighted by molar-refractivity contribution is 6.42. The van der Waals surface area contributed by atoms with Crippen molar-refractivity contribution in [2.75, 3.05) is 0 Å². The van der Waals surface area contributed by atoms with Gasteiger partial charge in [-0.05, 0) is 37.8 Å². The van der Waals surface area contributed by atoms with Crippen LogP contribution in [0.1, 0.15) is 32.1 Å². The zero-order chi connectivity index (χ0) is 12.5. The molecule has 0 radical (unpaired) electrons. The van der Waals surface area contributed by atoms with E-state index in [1.54, 1.807) is 6.07 Å². The lowest BCUT2D eigenvalue weighted by Crippen LogP contribution is -2.51. The summed E-state index contributed by atoms with van der Waals surface area (Å²) >= 11 is 11.9. The van der Waals surface area contributed by atoms with Gasteiger partial charge in [-0.2, -0.15) is 0 Å². The van der Waals surface area contributed by atoms with Crippen molar-refractivity contribution in [2.24, 2.45) is 0 Å². The maximum Gasteiger partial charge on any atom is 0.121 e. The van der Waals surface area contributed by atoms with E-state index in [-0.39, 0.29) is 0 Å². The molecule has 0 unspecified atom stereocenters. The molecule has 2 nitrogen and oxygen atoms in total. The van der Waals surface area contributed by atoms with Crippen molar-refractivity contribution in [2.45, 2.75) is 50.3 Å². The molecular formula is C14H17Cl2NO.